The van der Waals surface area contributed by atoms with Crippen LogP contribution in [-0.2, 0) is 0 Å². The van der Waals surface area contributed by atoms with Gasteiger partial charge in [-0.3, -0.25) is 10.1 Å². The summed E-state index contributed by atoms with van der Waals surface area (Å²) in [6, 6.07) is 5.94. The Morgan fingerprint density at radius 1 is 1.16 bits per heavy atom. The number of pyridine rings is 1. The van der Waals surface area contributed by atoms with Crippen LogP contribution in [0.4, 0.5) is 5.69 Å². The second-order valence-corrected chi connectivity index (χ2v) is 4.55. The van der Waals surface area contributed by atoms with Gasteiger partial charge >= 0.3 is 0 Å². The van der Waals surface area contributed by atoms with Gasteiger partial charge in [0.25, 0.3) is 5.69 Å². The van der Waals surface area contributed by atoms with E-state index in [-0.39, 0.29) is 32.4 Å². The molecular weight excluding hydrogens is 314 g/mol. The van der Waals surface area contributed by atoms with Crippen molar-refractivity contribution in [3.63, 3.8) is 0 Å². The number of nitrogens with zero attached hydrogens (tertiary/aromatic N) is 2. The second kappa shape index (κ2) is 5.61. The number of aromatic nitrogens is 1. The summed E-state index contributed by atoms with van der Waals surface area (Å²) in [4.78, 5) is 13.9. The van der Waals surface area contributed by atoms with Crippen LogP contribution in [0.2, 0.25) is 15.1 Å². The molecule has 0 saturated heterocycles. The molecule has 2 rings (SSSR count). The lowest BCUT2D eigenvalue weighted by molar-refractivity contribution is -0.384. The zero-order valence-corrected chi connectivity index (χ0v) is 11.4. The molecule has 0 saturated carbocycles. The first kappa shape index (κ1) is 13.9. The third-order valence-electron chi connectivity index (χ3n) is 2.15. The monoisotopic (exact) mass is 318 g/mol. The van der Waals surface area contributed by atoms with Crippen molar-refractivity contribution in [3.8, 4) is 11.6 Å². The number of nitro groups is 1. The Balaban J connectivity index is 2.45. The van der Waals surface area contributed by atoms with Crippen LogP contribution >= 0.6 is 34.8 Å². The number of hydrogen-bond acceptors (Lipinski definition) is 4. The second-order valence-electron chi connectivity index (χ2n) is 3.36. The number of benzene rings is 1. The van der Waals surface area contributed by atoms with E-state index in [1.807, 2.05) is 0 Å². The first-order valence-corrected chi connectivity index (χ1v) is 6.05. The van der Waals surface area contributed by atoms with Crippen molar-refractivity contribution in [2.75, 3.05) is 0 Å². The smallest absolute Gasteiger partial charge is 0.294 e. The molecule has 5 nitrogen and oxygen atoms in total. The fourth-order valence-corrected chi connectivity index (χ4v) is 2.00. The number of rotatable bonds is 3. The minimum absolute atomic E-state index is 0.133. The van der Waals surface area contributed by atoms with Crippen molar-refractivity contribution in [3.05, 3.63) is 55.6 Å². The van der Waals surface area contributed by atoms with Crippen molar-refractivity contribution in [2.24, 2.45) is 0 Å². The fraction of sp³-hybridized carbons (Fsp3) is 0. The molecule has 98 valence electrons. The van der Waals surface area contributed by atoms with Crippen molar-refractivity contribution >= 4 is 40.5 Å². The van der Waals surface area contributed by atoms with E-state index in [0.717, 1.165) is 0 Å². The van der Waals surface area contributed by atoms with Gasteiger partial charge in [-0.15, -0.1) is 0 Å². The van der Waals surface area contributed by atoms with Crippen molar-refractivity contribution < 1.29 is 9.66 Å². The number of para-hydroxylation sites is 1. The Morgan fingerprint density at radius 2 is 1.79 bits per heavy atom. The molecule has 0 radical (unpaired) electrons. The van der Waals surface area contributed by atoms with Gasteiger partial charge in [-0.25, -0.2) is 4.98 Å². The van der Waals surface area contributed by atoms with Crippen LogP contribution in [0.5, 0.6) is 11.6 Å². The highest BCUT2D eigenvalue weighted by atomic mass is 35.5. The van der Waals surface area contributed by atoms with Crippen molar-refractivity contribution in [2.45, 2.75) is 0 Å². The molecule has 8 heteroatoms. The van der Waals surface area contributed by atoms with Gasteiger partial charge in [-0.1, -0.05) is 40.9 Å². The molecule has 0 bridgehead atoms. The van der Waals surface area contributed by atoms with E-state index in [1.54, 1.807) is 18.2 Å². The molecule has 0 spiro atoms. The van der Waals surface area contributed by atoms with Crippen molar-refractivity contribution in [1.29, 1.82) is 0 Å². The Hall–Kier alpha value is -1.56. The Bertz CT molecular complexity index is 629. The van der Waals surface area contributed by atoms with E-state index in [4.69, 9.17) is 39.5 Å². The third-order valence-corrected chi connectivity index (χ3v) is 3.10. The zero-order valence-electron chi connectivity index (χ0n) is 9.14. The zero-order chi connectivity index (χ0) is 14.0. The Morgan fingerprint density at radius 3 is 2.37 bits per heavy atom. The molecule has 0 aliphatic carbocycles. The van der Waals surface area contributed by atoms with E-state index in [2.05, 4.69) is 4.98 Å². The predicted molar refractivity (Wildman–Crippen MR) is 72.4 cm³/mol. The van der Waals surface area contributed by atoms with Gasteiger partial charge in [0.1, 0.15) is 0 Å². The molecule has 19 heavy (non-hydrogen) atoms. The summed E-state index contributed by atoms with van der Waals surface area (Å²) in [5.41, 5.74) is -0.310. The quantitative estimate of drug-likeness (QED) is 0.605. The van der Waals surface area contributed by atoms with E-state index in [9.17, 15) is 10.1 Å². The maximum absolute atomic E-state index is 10.7. The molecule has 0 amide bonds. The van der Waals surface area contributed by atoms with Crippen LogP contribution in [-0.4, -0.2) is 9.91 Å². The summed E-state index contributed by atoms with van der Waals surface area (Å²) in [6.07, 6.45) is 1.21. The van der Waals surface area contributed by atoms with E-state index in [1.165, 1.54) is 12.3 Å². The Kier molecular flexibility index (Phi) is 4.09. The summed E-state index contributed by atoms with van der Waals surface area (Å²) < 4.78 is 5.35. The van der Waals surface area contributed by atoms with Gasteiger partial charge in [0.15, 0.2) is 10.8 Å². The minimum atomic E-state index is -0.634. The SMILES string of the molecule is O=[N+]([O-])c1ccnc(Oc2c(Cl)cccc2Cl)c1Cl. The summed E-state index contributed by atoms with van der Waals surface area (Å²) in [6.45, 7) is 0. The van der Waals surface area contributed by atoms with Crippen molar-refractivity contribution in [1.82, 2.24) is 4.98 Å². The third kappa shape index (κ3) is 2.89. The highest BCUT2D eigenvalue weighted by Crippen LogP contribution is 2.39. The van der Waals surface area contributed by atoms with Crippen LogP contribution in [0.3, 0.4) is 0 Å². The molecule has 0 fully saturated rings. The lowest BCUT2D eigenvalue weighted by Gasteiger charge is -2.09. The summed E-state index contributed by atoms with van der Waals surface area (Å²) in [7, 11) is 0. The highest BCUT2D eigenvalue weighted by Gasteiger charge is 2.19. The molecule has 1 aromatic carbocycles. The summed E-state index contributed by atoms with van der Waals surface area (Å²) >= 11 is 17.7. The molecular formula is C11H5Cl3N2O3. The van der Waals surface area contributed by atoms with Gasteiger partial charge in [-0.05, 0) is 12.1 Å². The maximum atomic E-state index is 10.7. The molecule has 0 atom stereocenters. The lowest BCUT2D eigenvalue weighted by atomic mass is 10.3. The first-order valence-electron chi connectivity index (χ1n) is 4.91. The maximum Gasteiger partial charge on any atom is 0.294 e. The number of halogens is 3. The summed E-state index contributed by atoms with van der Waals surface area (Å²) in [5.74, 6) is 0.00611. The van der Waals surface area contributed by atoms with Crippen LogP contribution < -0.4 is 4.74 Å². The lowest BCUT2D eigenvalue weighted by Crippen LogP contribution is -1.95. The largest absolute Gasteiger partial charge is 0.434 e. The number of hydrogen-bond donors (Lipinski definition) is 0. The van der Waals surface area contributed by atoms with Gasteiger partial charge in [0.05, 0.1) is 15.0 Å². The fourth-order valence-electron chi connectivity index (χ4n) is 1.30. The number of ether oxygens (including phenoxy) is 1. The highest BCUT2D eigenvalue weighted by molar-refractivity contribution is 6.37. The first-order chi connectivity index (χ1) is 9.00. The minimum Gasteiger partial charge on any atom is -0.434 e. The van der Waals surface area contributed by atoms with Crippen LogP contribution in [0.25, 0.3) is 0 Å². The standard InChI is InChI=1S/C11H5Cl3N2O3/c12-6-2-1-3-7(13)10(6)19-11-9(14)8(16(17)18)4-5-15-11/h1-5H. The molecule has 0 N–H and O–H groups in total. The Labute approximate surface area is 122 Å². The predicted octanol–water partition coefficient (Wildman–Crippen LogP) is 4.74. The van der Waals surface area contributed by atoms with E-state index in [0.29, 0.717) is 0 Å². The molecule has 0 unspecified atom stereocenters. The van der Waals surface area contributed by atoms with E-state index >= 15 is 0 Å². The van der Waals surface area contributed by atoms with Crippen LogP contribution in [0.1, 0.15) is 0 Å². The van der Waals surface area contributed by atoms with Gasteiger partial charge in [-0.2, -0.15) is 0 Å². The normalized spacial score (nSPS) is 10.3. The molecule has 0 aliphatic heterocycles. The van der Waals surface area contributed by atoms with Crippen LogP contribution in [0.15, 0.2) is 30.5 Å². The van der Waals surface area contributed by atoms with E-state index < -0.39 is 4.92 Å². The van der Waals surface area contributed by atoms with Gasteiger partial charge in [0.2, 0.25) is 5.88 Å². The topological polar surface area (TPSA) is 65.3 Å². The average Bonchev–Trinajstić information content (AvgIpc) is 2.35. The average molecular weight is 320 g/mol. The molecule has 1 heterocycles. The van der Waals surface area contributed by atoms with Gasteiger partial charge < -0.3 is 4.74 Å². The molecule has 2 aromatic rings. The summed E-state index contributed by atoms with van der Waals surface area (Å²) in [5, 5.41) is 11.0. The molecule has 1 aromatic heterocycles. The molecule has 0 aliphatic rings. The van der Waals surface area contributed by atoms with Gasteiger partial charge in [0, 0.05) is 12.3 Å². The van der Waals surface area contributed by atoms with Crippen LogP contribution in [0, 0.1) is 10.1 Å².